The number of alkyl halides is 2. The van der Waals surface area contributed by atoms with Crippen molar-refractivity contribution < 1.29 is 23.0 Å². The molecule has 3 aromatic rings. The van der Waals surface area contributed by atoms with Crippen molar-refractivity contribution in [2.75, 3.05) is 19.0 Å². The second-order valence-corrected chi connectivity index (χ2v) is 8.62. The Hall–Kier alpha value is -2.69. The molecule has 11 heteroatoms. The zero-order chi connectivity index (χ0) is 23.8. The summed E-state index contributed by atoms with van der Waals surface area (Å²) in [6.07, 6.45) is 0.707. The number of nitrogens with zero attached hydrogens (tertiary/aromatic N) is 3. The number of amides is 1. The third kappa shape index (κ3) is 6.66. The molecule has 0 fully saturated rings. The minimum Gasteiger partial charge on any atom is -0.433 e. The van der Waals surface area contributed by atoms with Crippen LogP contribution in [0.15, 0.2) is 53.7 Å². The van der Waals surface area contributed by atoms with Gasteiger partial charge in [-0.05, 0) is 37.6 Å². The Kier molecular flexibility index (Phi) is 9.04. The van der Waals surface area contributed by atoms with E-state index in [1.807, 2.05) is 22.8 Å². The fourth-order valence-corrected chi connectivity index (χ4v) is 4.10. The predicted molar refractivity (Wildman–Crippen MR) is 124 cm³/mol. The number of ether oxygens (including phenoxy) is 2. The molecule has 1 aromatic heterocycles. The maximum Gasteiger partial charge on any atom is 0.387 e. The first-order chi connectivity index (χ1) is 15.9. The van der Waals surface area contributed by atoms with Crippen molar-refractivity contribution in [1.82, 2.24) is 14.8 Å². The monoisotopic (exact) mass is 496 g/mol. The van der Waals surface area contributed by atoms with Gasteiger partial charge < -0.3 is 19.4 Å². The molecule has 0 spiro atoms. The van der Waals surface area contributed by atoms with E-state index in [9.17, 15) is 13.6 Å². The number of rotatable bonds is 11. The standard InChI is InChI=1S/C22H23ClF2N4O3S/c1-14(20(30)26-17-10-5-6-11-18(17)32-21(24)25)33-22-28-27-19(29(22)12-7-13-31-2)15-8-3-4-9-16(15)23/h3-6,8-11,14,21H,7,12-13H2,1-2H3,(H,26,30)/t14-/m0/s1. The quantitative estimate of drug-likeness (QED) is 0.284. The summed E-state index contributed by atoms with van der Waals surface area (Å²) in [6, 6.07) is 13.3. The van der Waals surface area contributed by atoms with E-state index in [1.165, 1.54) is 23.9 Å². The summed E-state index contributed by atoms with van der Waals surface area (Å²) >= 11 is 7.56. The maximum atomic E-state index is 12.8. The summed E-state index contributed by atoms with van der Waals surface area (Å²) in [7, 11) is 1.62. The molecule has 3 rings (SSSR count). The Balaban J connectivity index is 1.79. The van der Waals surface area contributed by atoms with Crippen LogP contribution in [0.5, 0.6) is 5.75 Å². The molecule has 7 nitrogen and oxygen atoms in total. The van der Waals surface area contributed by atoms with E-state index >= 15 is 0 Å². The summed E-state index contributed by atoms with van der Waals surface area (Å²) in [5.41, 5.74) is 0.889. The Morgan fingerprint density at radius 3 is 2.64 bits per heavy atom. The largest absolute Gasteiger partial charge is 0.433 e. The molecule has 0 radical (unpaired) electrons. The lowest BCUT2D eigenvalue weighted by molar-refractivity contribution is -0.115. The van der Waals surface area contributed by atoms with Crippen molar-refractivity contribution >= 4 is 35.0 Å². The third-order valence-corrected chi connectivity index (χ3v) is 5.98. The molecular formula is C22H23ClF2N4O3S. The number of thioether (sulfide) groups is 1. The van der Waals surface area contributed by atoms with E-state index in [0.29, 0.717) is 35.6 Å². The van der Waals surface area contributed by atoms with Gasteiger partial charge in [-0.2, -0.15) is 8.78 Å². The van der Waals surface area contributed by atoms with Gasteiger partial charge in [-0.25, -0.2) is 0 Å². The molecule has 1 N–H and O–H groups in total. The van der Waals surface area contributed by atoms with Gasteiger partial charge in [0.05, 0.1) is 16.0 Å². The molecular weight excluding hydrogens is 474 g/mol. The molecule has 1 heterocycles. The lowest BCUT2D eigenvalue weighted by Gasteiger charge is -2.16. The fourth-order valence-electron chi connectivity index (χ4n) is 3.00. The first-order valence-electron chi connectivity index (χ1n) is 10.1. The summed E-state index contributed by atoms with van der Waals surface area (Å²) in [5, 5.41) is 11.7. The number of aromatic nitrogens is 3. The number of nitrogens with one attached hydrogen (secondary N) is 1. The van der Waals surface area contributed by atoms with Crippen molar-refractivity contribution in [3.8, 4) is 17.1 Å². The highest BCUT2D eigenvalue weighted by Gasteiger charge is 2.23. The Morgan fingerprint density at radius 1 is 1.18 bits per heavy atom. The van der Waals surface area contributed by atoms with Crippen LogP contribution >= 0.6 is 23.4 Å². The lowest BCUT2D eigenvalue weighted by atomic mass is 10.2. The van der Waals surface area contributed by atoms with Crippen molar-refractivity contribution in [1.29, 1.82) is 0 Å². The number of methoxy groups -OCH3 is 1. The van der Waals surface area contributed by atoms with Gasteiger partial charge >= 0.3 is 6.61 Å². The number of hydrogen-bond donors (Lipinski definition) is 1. The second-order valence-electron chi connectivity index (χ2n) is 6.91. The van der Waals surface area contributed by atoms with Gasteiger partial charge in [-0.15, -0.1) is 10.2 Å². The number of halogens is 3. The lowest BCUT2D eigenvalue weighted by Crippen LogP contribution is -2.23. The Bertz CT molecular complexity index is 1080. The normalized spacial score (nSPS) is 12.1. The van der Waals surface area contributed by atoms with Crippen LogP contribution in [-0.4, -0.2) is 46.2 Å². The van der Waals surface area contributed by atoms with E-state index in [2.05, 4.69) is 20.3 Å². The van der Waals surface area contributed by atoms with Crippen LogP contribution in [0, 0.1) is 0 Å². The van der Waals surface area contributed by atoms with Crippen molar-refractivity contribution in [2.45, 2.75) is 36.9 Å². The molecule has 176 valence electrons. The fraction of sp³-hybridized carbons (Fsp3) is 0.318. The molecule has 0 saturated carbocycles. The molecule has 0 saturated heterocycles. The minimum absolute atomic E-state index is 0.109. The van der Waals surface area contributed by atoms with Gasteiger partial charge in [-0.1, -0.05) is 47.6 Å². The van der Waals surface area contributed by atoms with Crippen LogP contribution in [0.1, 0.15) is 13.3 Å². The van der Waals surface area contributed by atoms with Gasteiger partial charge in [-0.3, -0.25) is 4.79 Å². The highest BCUT2D eigenvalue weighted by atomic mass is 35.5. The van der Waals surface area contributed by atoms with Crippen LogP contribution in [0.4, 0.5) is 14.5 Å². The van der Waals surface area contributed by atoms with E-state index in [1.54, 1.807) is 32.2 Å². The van der Waals surface area contributed by atoms with Gasteiger partial charge in [0, 0.05) is 25.8 Å². The summed E-state index contributed by atoms with van der Waals surface area (Å²) < 4.78 is 36.8. The molecule has 0 aliphatic heterocycles. The van der Waals surface area contributed by atoms with Crippen LogP contribution in [0.3, 0.4) is 0 Å². The number of para-hydroxylation sites is 2. The van der Waals surface area contributed by atoms with E-state index < -0.39 is 17.8 Å². The smallest absolute Gasteiger partial charge is 0.387 e. The molecule has 0 aliphatic rings. The maximum absolute atomic E-state index is 12.8. The van der Waals surface area contributed by atoms with Crippen LogP contribution in [-0.2, 0) is 16.1 Å². The van der Waals surface area contributed by atoms with Gasteiger partial charge in [0.2, 0.25) is 5.91 Å². The highest BCUT2D eigenvalue weighted by molar-refractivity contribution is 8.00. The Morgan fingerprint density at radius 2 is 1.91 bits per heavy atom. The summed E-state index contributed by atoms with van der Waals surface area (Å²) in [6.45, 7) is -0.201. The Labute approximate surface area is 199 Å². The molecule has 0 unspecified atom stereocenters. The molecule has 33 heavy (non-hydrogen) atoms. The highest BCUT2D eigenvalue weighted by Crippen LogP contribution is 2.32. The van der Waals surface area contributed by atoms with Crippen molar-refractivity contribution in [2.24, 2.45) is 0 Å². The number of anilines is 1. The van der Waals surface area contributed by atoms with Crippen LogP contribution in [0.2, 0.25) is 5.02 Å². The number of carbonyl (C=O) groups excluding carboxylic acids is 1. The number of benzene rings is 2. The average molecular weight is 497 g/mol. The zero-order valence-electron chi connectivity index (χ0n) is 18.0. The van der Waals surface area contributed by atoms with Gasteiger partial charge in [0.25, 0.3) is 0 Å². The SMILES string of the molecule is COCCCn1c(S[C@@H](C)C(=O)Nc2ccccc2OC(F)F)nnc1-c1ccccc1Cl. The molecule has 1 amide bonds. The number of hydrogen-bond acceptors (Lipinski definition) is 6. The first-order valence-corrected chi connectivity index (χ1v) is 11.3. The topological polar surface area (TPSA) is 78.3 Å². The summed E-state index contributed by atoms with van der Waals surface area (Å²) in [5.74, 6) is 0.0836. The average Bonchev–Trinajstić information content (AvgIpc) is 3.17. The van der Waals surface area contributed by atoms with Gasteiger partial charge in [0.15, 0.2) is 11.0 Å². The predicted octanol–water partition coefficient (Wildman–Crippen LogP) is 5.36. The summed E-state index contributed by atoms with van der Waals surface area (Å²) in [4.78, 5) is 12.8. The van der Waals surface area contributed by atoms with Crippen molar-refractivity contribution in [3.63, 3.8) is 0 Å². The number of carbonyl (C=O) groups is 1. The zero-order valence-corrected chi connectivity index (χ0v) is 19.6. The minimum atomic E-state index is -3.00. The molecule has 1 atom stereocenters. The third-order valence-electron chi connectivity index (χ3n) is 4.57. The molecule has 0 aliphatic carbocycles. The second kappa shape index (κ2) is 12.0. The van der Waals surface area contributed by atoms with E-state index in [4.69, 9.17) is 16.3 Å². The first kappa shape index (κ1) is 24.9. The molecule has 2 aromatic carbocycles. The van der Waals surface area contributed by atoms with E-state index in [-0.39, 0.29) is 11.4 Å². The molecule has 0 bridgehead atoms. The van der Waals surface area contributed by atoms with Gasteiger partial charge in [0.1, 0.15) is 5.75 Å². The van der Waals surface area contributed by atoms with Crippen LogP contribution < -0.4 is 10.1 Å². The van der Waals surface area contributed by atoms with Crippen LogP contribution in [0.25, 0.3) is 11.4 Å². The van der Waals surface area contributed by atoms with Crippen molar-refractivity contribution in [3.05, 3.63) is 53.6 Å². The van der Waals surface area contributed by atoms with E-state index in [0.717, 1.165) is 5.56 Å².